The number of hydrogen-bond donors (Lipinski definition) is 1. The molecular weight excluding hydrogens is 409 g/mol. The Morgan fingerprint density at radius 3 is 1.97 bits per heavy atom. The summed E-state index contributed by atoms with van der Waals surface area (Å²) in [7, 11) is 1.79. The number of hydrogen-bond acceptors (Lipinski definition) is 9. The fourth-order valence-corrected chi connectivity index (χ4v) is 3.48. The topological polar surface area (TPSA) is 168 Å². The van der Waals surface area contributed by atoms with E-state index in [0.717, 1.165) is 26.4 Å². The number of non-ortho nitro benzene ring substituents is 2. The van der Waals surface area contributed by atoms with Crippen LogP contribution in [0.15, 0.2) is 18.2 Å². The number of ether oxygens (including phenoxy) is 2. The highest BCUT2D eigenvalue weighted by Gasteiger charge is 2.59. The lowest BCUT2D eigenvalue weighted by Gasteiger charge is -2.30. The highest BCUT2D eigenvalue weighted by Crippen LogP contribution is 2.39. The maximum Gasteiger partial charge on any atom is 0.355 e. The molecule has 0 bridgehead atoms. The van der Waals surface area contributed by atoms with Crippen molar-refractivity contribution in [3.8, 4) is 0 Å². The van der Waals surface area contributed by atoms with Crippen molar-refractivity contribution in [3.05, 3.63) is 44.0 Å². The molecule has 0 unspecified atom stereocenters. The normalized spacial score (nSPS) is 18.4. The highest BCUT2D eigenvalue weighted by atomic mass is 19.1. The summed E-state index contributed by atoms with van der Waals surface area (Å²) in [4.78, 5) is 56.8. The van der Waals surface area contributed by atoms with Crippen LogP contribution in [0.4, 0.5) is 15.8 Å². The number of esters is 2. The van der Waals surface area contributed by atoms with E-state index in [0.29, 0.717) is 12.5 Å². The van der Waals surface area contributed by atoms with E-state index in [9.17, 15) is 34.6 Å². The number of nitro groups is 2. The minimum absolute atomic E-state index is 0.0424. The SMILES string of the molecule is COC(=O)C(F)(C(=O)OC)[C@@H]1CCC[C@H]1NC(=O)c1cc([N+](=O)[O-])cc([N+](=O)[O-])c1. The number of nitrogens with zero attached hydrogens (tertiary/aromatic N) is 2. The molecule has 0 saturated heterocycles. The van der Waals surface area contributed by atoms with Crippen LogP contribution in [-0.4, -0.2) is 53.6 Å². The number of benzene rings is 1. The summed E-state index contributed by atoms with van der Waals surface area (Å²) >= 11 is 0. The molecule has 1 aromatic rings. The molecule has 1 saturated carbocycles. The lowest BCUT2D eigenvalue weighted by molar-refractivity contribution is -0.394. The summed E-state index contributed by atoms with van der Waals surface area (Å²) in [6.45, 7) is 0. The van der Waals surface area contributed by atoms with Gasteiger partial charge in [-0.05, 0) is 12.8 Å². The molecule has 12 nitrogen and oxygen atoms in total. The quantitative estimate of drug-likeness (QED) is 0.293. The van der Waals surface area contributed by atoms with E-state index in [1.54, 1.807) is 0 Å². The zero-order chi connectivity index (χ0) is 22.6. The van der Waals surface area contributed by atoms with E-state index in [2.05, 4.69) is 14.8 Å². The minimum Gasteiger partial charge on any atom is -0.466 e. The van der Waals surface area contributed by atoms with E-state index >= 15 is 4.39 Å². The zero-order valence-corrected chi connectivity index (χ0v) is 16.0. The smallest absolute Gasteiger partial charge is 0.355 e. The second-order valence-corrected chi connectivity index (χ2v) is 6.56. The number of halogens is 1. The van der Waals surface area contributed by atoms with Gasteiger partial charge in [0.15, 0.2) is 0 Å². The third kappa shape index (κ3) is 4.18. The Kier molecular flexibility index (Phi) is 6.64. The molecule has 1 amide bonds. The predicted octanol–water partition coefficient (Wildman–Crippen LogP) is 1.46. The Bertz CT molecular complexity index is 856. The number of nitro benzene ring substituents is 2. The van der Waals surface area contributed by atoms with Gasteiger partial charge in [0, 0.05) is 24.1 Å². The summed E-state index contributed by atoms with van der Waals surface area (Å²) in [5.74, 6) is -5.25. The van der Waals surface area contributed by atoms with Crippen molar-refractivity contribution in [1.82, 2.24) is 5.32 Å². The van der Waals surface area contributed by atoms with Crippen LogP contribution in [0.1, 0.15) is 29.6 Å². The predicted molar refractivity (Wildman–Crippen MR) is 96.2 cm³/mol. The van der Waals surface area contributed by atoms with E-state index in [1.165, 1.54) is 0 Å². The van der Waals surface area contributed by atoms with Crippen LogP contribution in [-0.2, 0) is 19.1 Å². The first kappa shape index (κ1) is 22.6. The fourth-order valence-electron chi connectivity index (χ4n) is 3.48. The van der Waals surface area contributed by atoms with Crippen molar-refractivity contribution < 1.29 is 38.1 Å². The van der Waals surface area contributed by atoms with E-state index in [-0.39, 0.29) is 12.8 Å². The molecule has 2 rings (SSSR count). The Hall–Kier alpha value is -3.64. The molecule has 2 atom stereocenters. The monoisotopic (exact) mass is 427 g/mol. The van der Waals surface area contributed by atoms with Crippen molar-refractivity contribution in [2.24, 2.45) is 5.92 Å². The Labute approximate surface area is 168 Å². The maximum absolute atomic E-state index is 15.4. The van der Waals surface area contributed by atoms with Crippen molar-refractivity contribution in [3.63, 3.8) is 0 Å². The first-order valence-electron chi connectivity index (χ1n) is 8.66. The third-order valence-electron chi connectivity index (χ3n) is 4.89. The highest BCUT2D eigenvalue weighted by molar-refractivity contribution is 6.04. The molecule has 1 aliphatic carbocycles. The summed E-state index contributed by atoms with van der Waals surface area (Å²) < 4.78 is 24.2. The Morgan fingerprint density at radius 1 is 1.03 bits per heavy atom. The van der Waals surface area contributed by atoms with Crippen molar-refractivity contribution in [1.29, 1.82) is 0 Å². The largest absolute Gasteiger partial charge is 0.466 e. The van der Waals surface area contributed by atoms with E-state index < -0.39 is 62.3 Å². The number of amides is 1. The van der Waals surface area contributed by atoms with Gasteiger partial charge in [-0.3, -0.25) is 25.0 Å². The maximum atomic E-state index is 15.4. The average molecular weight is 427 g/mol. The Balaban J connectivity index is 2.36. The van der Waals surface area contributed by atoms with Crippen molar-refractivity contribution in [2.45, 2.75) is 31.0 Å². The lowest BCUT2D eigenvalue weighted by Crippen LogP contribution is -2.55. The molecule has 1 fully saturated rings. The summed E-state index contributed by atoms with van der Waals surface area (Å²) in [6.07, 6.45) is 0.582. The van der Waals surface area contributed by atoms with Crippen LogP contribution in [0.2, 0.25) is 0 Å². The standard InChI is InChI=1S/C17H18FN3O9/c1-29-15(23)17(18,16(24)30-2)12-4-3-5-13(12)19-14(22)9-6-10(20(25)26)8-11(7-9)21(27)28/h6-8,12-13H,3-5H2,1-2H3,(H,19,22)/t12-,13-/m1/s1. The molecule has 13 heteroatoms. The molecule has 0 aliphatic heterocycles. The van der Waals surface area contributed by atoms with E-state index in [4.69, 9.17) is 0 Å². The third-order valence-corrected chi connectivity index (χ3v) is 4.89. The van der Waals surface area contributed by atoms with Gasteiger partial charge in [-0.15, -0.1) is 0 Å². The van der Waals surface area contributed by atoms with Crippen LogP contribution in [0.5, 0.6) is 0 Å². The first-order valence-corrected chi connectivity index (χ1v) is 8.66. The van der Waals surface area contributed by atoms with Crippen LogP contribution in [0.25, 0.3) is 0 Å². The number of nitrogens with one attached hydrogen (secondary N) is 1. The van der Waals surface area contributed by atoms with Gasteiger partial charge in [0.1, 0.15) is 0 Å². The number of rotatable bonds is 7. The second kappa shape index (κ2) is 8.80. The van der Waals surface area contributed by atoms with Gasteiger partial charge in [-0.1, -0.05) is 6.42 Å². The van der Waals surface area contributed by atoms with Gasteiger partial charge < -0.3 is 14.8 Å². The number of carbonyl (C=O) groups is 3. The number of methoxy groups -OCH3 is 2. The van der Waals surface area contributed by atoms with Crippen molar-refractivity contribution >= 4 is 29.2 Å². The van der Waals surface area contributed by atoms with Crippen LogP contribution >= 0.6 is 0 Å². The molecule has 0 heterocycles. The molecule has 162 valence electrons. The molecule has 1 N–H and O–H groups in total. The molecule has 0 spiro atoms. The molecule has 1 aromatic carbocycles. The zero-order valence-electron chi connectivity index (χ0n) is 16.0. The van der Waals surface area contributed by atoms with Crippen LogP contribution in [0, 0.1) is 26.1 Å². The molecular formula is C17H18FN3O9. The molecule has 0 radical (unpaired) electrons. The van der Waals surface area contributed by atoms with Gasteiger partial charge in [0.25, 0.3) is 17.3 Å². The van der Waals surface area contributed by atoms with Gasteiger partial charge >= 0.3 is 17.6 Å². The molecule has 1 aliphatic rings. The van der Waals surface area contributed by atoms with Gasteiger partial charge in [-0.25, -0.2) is 14.0 Å². The Morgan fingerprint density at radius 2 is 1.53 bits per heavy atom. The van der Waals surface area contributed by atoms with Crippen LogP contribution < -0.4 is 5.32 Å². The van der Waals surface area contributed by atoms with Gasteiger partial charge in [0.05, 0.1) is 35.7 Å². The van der Waals surface area contributed by atoms with Crippen LogP contribution in [0.3, 0.4) is 0 Å². The minimum atomic E-state index is -3.17. The average Bonchev–Trinajstić information content (AvgIpc) is 3.19. The second-order valence-electron chi connectivity index (χ2n) is 6.56. The summed E-state index contributed by atoms with van der Waals surface area (Å²) in [5.41, 5.74) is -4.93. The fraction of sp³-hybridized carbons (Fsp3) is 0.471. The number of carbonyl (C=O) groups excluding carboxylic acids is 3. The lowest BCUT2D eigenvalue weighted by atomic mass is 9.84. The van der Waals surface area contributed by atoms with Gasteiger partial charge in [-0.2, -0.15) is 0 Å². The van der Waals surface area contributed by atoms with Gasteiger partial charge in [0.2, 0.25) is 0 Å². The first-order chi connectivity index (χ1) is 14.1. The summed E-state index contributed by atoms with van der Waals surface area (Å²) in [6, 6.07) is 1.32. The molecule has 30 heavy (non-hydrogen) atoms. The van der Waals surface area contributed by atoms with E-state index in [1.807, 2.05) is 0 Å². The molecule has 0 aromatic heterocycles. The number of alkyl halides is 1. The van der Waals surface area contributed by atoms with Crippen molar-refractivity contribution in [2.75, 3.05) is 14.2 Å². The summed E-state index contributed by atoms with van der Waals surface area (Å²) in [5, 5.41) is 24.4.